The van der Waals surface area contributed by atoms with Crippen LogP contribution in [0.15, 0.2) is 59.5 Å². The van der Waals surface area contributed by atoms with E-state index in [1.54, 1.807) is 27.9 Å². The second-order valence-corrected chi connectivity index (χ2v) is 6.58. The fourth-order valence-corrected chi connectivity index (χ4v) is 3.27. The fourth-order valence-electron chi connectivity index (χ4n) is 3.04. The molecule has 7 heteroatoms. The number of para-hydroxylation sites is 1. The van der Waals surface area contributed by atoms with Crippen LogP contribution in [0.3, 0.4) is 0 Å². The molecule has 4 aromatic rings. The first-order chi connectivity index (χ1) is 12.5. The summed E-state index contributed by atoms with van der Waals surface area (Å²) in [6.07, 6.45) is 1.87. The molecule has 0 atom stereocenters. The predicted molar refractivity (Wildman–Crippen MR) is 104 cm³/mol. The predicted octanol–water partition coefficient (Wildman–Crippen LogP) is 3.33. The number of aromatic nitrogens is 4. The molecule has 2 aromatic heterocycles. The lowest BCUT2D eigenvalue weighted by atomic mass is 10.2. The molecule has 0 bridgehead atoms. The van der Waals surface area contributed by atoms with E-state index >= 15 is 0 Å². The molecule has 0 aliphatic rings. The summed E-state index contributed by atoms with van der Waals surface area (Å²) in [6.45, 7) is 0.610. The molecule has 0 amide bonds. The van der Waals surface area contributed by atoms with Gasteiger partial charge in [0.25, 0.3) is 0 Å². The van der Waals surface area contributed by atoms with Gasteiger partial charge in [-0.05, 0) is 29.8 Å². The standard InChI is InChI=1S/C19H18ClN5O/c1-23-16-8-7-13(11-17(16)24(2)19(23)26)12-21-18-9-10-25(22-18)15-6-4-3-5-14(15)20/h3-11H,12H2,1-2H3,(H,21,22). The lowest BCUT2D eigenvalue weighted by Crippen LogP contribution is -2.19. The van der Waals surface area contributed by atoms with Crippen LogP contribution in [0, 0.1) is 0 Å². The molecule has 132 valence electrons. The van der Waals surface area contributed by atoms with Crippen molar-refractivity contribution < 1.29 is 0 Å². The average Bonchev–Trinajstić information content (AvgIpc) is 3.20. The van der Waals surface area contributed by atoms with Gasteiger partial charge in [0.1, 0.15) is 5.82 Å². The minimum absolute atomic E-state index is 0.0245. The summed E-state index contributed by atoms with van der Waals surface area (Å²) in [5.41, 5.74) is 3.72. The Morgan fingerprint density at radius 3 is 2.62 bits per heavy atom. The van der Waals surface area contributed by atoms with Crippen molar-refractivity contribution >= 4 is 28.5 Å². The van der Waals surface area contributed by atoms with Gasteiger partial charge in [-0.15, -0.1) is 0 Å². The molecule has 2 heterocycles. The Balaban J connectivity index is 1.55. The molecule has 26 heavy (non-hydrogen) atoms. The Bertz CT molecular complexity index is 1150. The maximum Gasteiger partial charge on any atom is 0.328 e. The average molecular weight is 368 g/mol. The molecule has 0 spiro atoms. The number of anilines is 1. The number of nitrogens with zero attached hydrogens (tertiary/aromatic N) is 4. The number of fused-ring (bicyclic) bond motifs is 1. The zero-order valence-electron chi connectivity index (χ0n) is 14.5. The highest BCUT2D eigenvalue weighted by Gasteiger charge is 2.09. The Labute approximate surface area is 155 Å². The number of benzene rings is 2. The lowest BCUT2D eigenvalue weighted by molar-refractivity contribution is 0.795. The van der Waals surface area contributed by atoms with E-state index in [-0.39, 0.29) is 5.69 Å². The van der Waals surface area contributed by atoms with Crippen LogP contribution in [-0.2, 0) is 20.6 Å². The molecule has 6 nitrogen and oxygen atoms in total. The first kappa shape index (κ1) is 16.5. The largest absolute Gasteiger partial charge is 0.365 e. The Morgan fingerprint density at radius 2 is 1.81 bits per heavy atom. The fraction of sp³-hybridized carbons (Fsp3) is 0.158. The summed E-state index contributed by atoms with van der Waals surface area (Å²) in [7, 11) is 3.57. The molecule has 0 fully saturated rings. The third kappa shape index (κ3) is 2.78. The number of imidazole rings is 1. The molecule has 0 aliphatic carbocycles. The second-order valence-electron chi connectivity index (χ2n) is 6.17. The summed E-state index contributed by atoms with van der Waals surface area (Å²) >= 11 is 6.21. The van der Waals surface area contributed by atoms with E-state index in [0.29, 0.717) is 11.6 Å². The van der Waals surface area contributed by atoms with Crippen molar-refractivity contribution in [2.45, 2.75) is 6.54 Å². The topological polar surface area (TPSA) is 56.8 Å². The van der Waals surface area contributed by atoms with Crippen LogP contribution in [0.2, 0.25) is 5.02 Å². The van der Waals surface area contributed by atoms with Crippen LogP contribution in [0.5, 0.6) is 0 Å². The van der Waals surface area contributed by atoms with E-state index in [2.05, 4.69) is 10.4 Å². The van der Waals surface area contributed by atoms with E-state index in [9.17, 15) is 4.79 Å². The minimum atomic E-state index is -0.0245. The number of rotatable bonds is 4. The summed E-state index contributed by atoms with van der Waals surface area (Å²) in [6, 6.07) is 15.5. The van der Waals surface area contributed by atoms with Crippen LogP contribution in [0.25, 0.3) is 16.7 Å². The molecule has 2 aromatic carbocycles. The Kier molecular flexibility index (Phi) is 4.05. The SMILES string of the molecule is Cn1c(=O)n(C)c2cc(CNc3ccn(-c4ccccc4Cl)n3)ccc21. The molecular formula is C19H18ClN5O. The second kappa shape index (κ2) is 6.38. The summed E-state index contributed by atoms with van der Waals surface area (Å²) in [4.78, 5) is 12.0. The number of halogens is 1. The molecule has 0 saturated carbocycles. The molecule has 0 unspecified atom stereocenters. The summed E-state index contributed by atoms with van der Waals surface area (Å²) < 4.78 is 5.05. The third-order valence-corrected chi connectivity index (χ3v) is 4.82. The quantitative estimate of drug-likeness (QED) is 0.602. The zero-order valence-corrected chi connectivity index (χ0v) is 15.2. The van der Waals surface area contributed by atoms with E-state index in [0.717, 1.165) is 28.1 Å². The van der Waals surface area contributed by atoms with Crippen LogP contribution in [-0.4, -0.2) is 18.9 Å². The molecule has 1 N–H and O–H groups in total. The molecule has 0 aliphatic heterocycles. The van der Waals surface area contributed by atoms with Crippen LogP contribution in [0.4, 0.5) is 5.82 Å². The maximum absolute atomic E-state index is 12.0. The number of aryl methyl sites for hydroxylation is 2. The first-order valence-corrected chi connectivity index (χ1v) is 8.61. The van der Waals surface area contributed by atoms with Gasteiger partial charge in [-0.25, -0.2) is 9.48 Å². The van der Waals surface area contributed by atoms with E-state index in [4.69, 9.17) is 11.6 Å². The monoisotopic (exact) mass is 367 g/mol. The van der Waals surface area contributed by atoms with Gasteiger partial charge in [0.05, 0.1) is 21.7 Å². The van der Waals surface area contributed by atoms with Gasteiger partial charge < -0.3 is 5.32 Å². The van der Waals surface area contributed by atoms with Crippen molar-refractivity contribution in [2.75, 3.05) is 5.32 Å². The van der Waals surface area contributed by atoms with Crippen LogP contribution in [0.1, 0.15) is 5.56 Å². The summed E-state index contributed by atoms with van der Waals surface area (Å²) in [5.74, 6) is 0.756. The molecule has 4 rings (SSSR count). The number of nitrogens with one attached hydrogen (secondary N) is 1. The Hall–Kier alpha value is -2.99. The Morgan fingerprint density at radius 1 is 1.04 bits per heavy atom. The van der Waals surface area contributed by atoms with Crippen molar-refractivity contribution in [2.24, 2.45) is 14.1 Å². The van der Waals surface area contributed by atoms with Gasteiger partial charge in [0.2, 0.25) is 0 Å². The van der Waals surface area contributed by atoms with Gasteiger partial charge in [-0.2, -0.15) is 5.10 Å². The van der Waals surface area contributed by atoms with Gasteiger partial charge in [0, 0.05) is 32.9 Å². The highest BCUT2D eigenvalue weighted by molar-refractivity contribution is 6.32. The molecule has 0 saturated heterocycles. The van der Waals surface area contributed by atoms with Gasteiger partial charge in [-0.3, -0.25) is 9.13 Å². The minimum Gasteiger partial charge on any atom is -0.365 e. The first-order valence-electron chi connectivity index (χ1n) is 8.23. The number of hydrogen-bond donors (Lipinski definition) is 1. The maximum atomic E-state index is 12.0. The zero-order chi connectivity index (χ0) is 18.3. The van der Waals surface area contributed by atoms with Crippen molar-refractivity contribution in [3.05, 3.63) is 75.8 Å². The van der Waals surface area contributed by atoms with Gasteiger partial charge >= 0.3 is 5.69 Å². The van der Waals surface area contributed by atoms with Gasteiger partial charge in [0.15, 0.2) is 0 Å². The normalized spacial score (nSPS) is 11.2. The van der Waals surface area contributed by atoms with Crippen LogP contribution >= 0.6 is 11.6 Å². The third-order valence-electron chi connectivity index (χ3n) is 4.50. The van der Waals surface area contributed by atoms with Gasteiger partial charge in [-0.1, -0.05) is 29.8 Å². The highest BCUT2D eigenvalue weighted by Crippen LogP contribution is 2.20. The molecule has 0 radical (unpaired) electrons. The highest BCUT2D eigenvalue weighted by atomic mass is 35.5. The van der Waals surface area contributed by atoms with E-state index < -0.39 is 0 Å². The number of hydrogen-bond acceptors (Lipinski definition) is 3. The smallest absolute Gasteiger partial charge is 0.328 e. The van der Waals surface area contributed by atoms with E-state index in [1.807, 2.05) is 54.7 Å². The van der Waals surface area contributed by atoms with Crippen LogP contribution < -0.4 is 11.0 Å². The van der Waals surface area contributed by atoms with E-state index in [1.165, 1.54) is 0 Å². The lowest BCUT2D eigenvalue weighted by Gasteiger charge is -2.06. The van der Waals surface area contributed by atoms with Crippen molar-refractivity contribution in [3.8, 4) is 5.69 Å². The molecular weight excluding hydrogens is 350 g/mol. The summed E-state index contributed by atoms with van der Waals surface area (Å²) in [5, 5.41) is 8.47. The van der Waals surface area contributed by atoms with Crippen molar-refractivity contribution in [1.82, 2.24) is 18.9 Å². The van der Waals surface area contributed by atoms with Crippen molar-refractivity contribution in [1.29, 1.82) is 0 Å². The van der Waals surface area contributed by atoms with Crippen molar-refractivity contribution in [3.63, 3.8) is 0 Å².